The molecule has 32 heavy (non-hydrogen) atoms. The summed E-state index contributed by atoms with van der Waals surface area (Å²) in [5, 5.41) is 17.7. The number of carbonyl (C=O) groups is 6. The first-order valence-corrected chi connectivity index (χ1v) is 11.1. The van der Waals surface area contributed by atoms with Crippen molar-refractivity contribution in [2.75, 3.05) is 6.54 Å². The van der Waals surface area contributed by atoms with Crippen LogP contribution >= 0.6 is 0 Å². The molecule has 10 nitrogen and oxygen atoms in total. The summed E-state index contributed by atoms with van der Waals surface area (Å²) in [5.74, 6) is -4.71. The highest BCUT2D eigenvalue weighted by Crippen LogP contribution is 2.35. The van der Waals surface area contributed by atoms with E-state index in [1.54, 1.807) is 27.7 Å². The number of hydrogen-bond donors (Lipinski definition) is 2. The van der Waals surface area contributed by atoms with Crippen LogP contribution in [0.15, 0.2) is 0 Å². The molecular formula is C22H32N2O8. The fraction of sp³-hybridized carbons (Fsp3) is 0.727. The zero-order valence-corrected chi connectivity index (χ0v) is 18.9. The van der Waals surface area contributed by atoms with Gasteiger partial charge in [-0.3, -0.25) is 38.6 Å². The molecule has 2 N–H and O–H groups in total. The number of aliphatic carboxylic acids is 2. The van der Waals surface area contributed by atoms with Gasteiger partial charge in [-0.25, -0.2) is 0 Å². The van der Waals surface area contributed by atoms with Crippen molar-refractivity contribution in [1.82, 2.24) is 9.80 Å². The lowest BCUT2D eigenvalue weighted by molar-refractivity contribution is -0.152. The Kier molecular flexibility index (Phi) is 8.14. The quantitative estimate of drug-likeness (QED) is 0.594. The van der Waals surface area contributed by atoms with Gasteiger partial charge in [-0.15, -0.1) is 0 Å². The molecule has 0 aromatic rings. The number of carboxylic acids is 2. The van der Waals surface area contributed by atoms with Crippen LogP contribution in [0.4, 0.5) is 0 Å². The summed E-state index contributed by atoms with van der Waals surface area (Å²) in [6, 6.07) is -0.441. The molecule has 2 saturated heterocycles. The Bertz CT molecular complexity index is 770. The maximum Gasteiger partial charge on any atom is 0.308 e. The minimum atomic E-state index is -1.00. The molecule has 0 radical (unpaired) electrons. The van der Waals surface area contributed by atoms with Crippen LogP contribution in [-0.2, 0) is 28.8 Å². The van der Waals surface area contributed by atoms with E-state index in [1.807, 2.05) is 0 Å². The molecule has 2 aliphatic heterocycles. The molecule has 0 bridgehead atoms. The summed E-state index contributed by atoms with van der Waals surface area (Å²) in [6.45, 7) is 6.84. The molecule has 4 amide bonds. The Morgan fingerprint density at radius 2 is 1.22 bits per heavy atom. The Hall–Kier alpha value is -2.78. The van der Waals surface area contributed by atoms with E-state index >= 15 is 0 Å². The molecule has 0 aromatic carbocycles. The first kappa shape index (κ1) is 25.5. The average molecular weight is 453 g/mol. The molecule has 6 atom stereocenters. The summed E-state index contributed by atoms with van der Waals surface area (Å²) in [4.78, 5) is 70.9. The molecule has 10 heteroatoms. The summed E-state index contributed by atoms with van der Waals surface area (Å²) in [7, 11) is 0. The van der Waals surface area contributed by atoms with Gasteiger partial charge in [0.1, 0.15) is 0 Å². The van der Waals surface area contributed by atoms with Crippen LogP contribution in [0.1, 0.15) is 59.8 Å². The fourth-order valence-electron chi connectivity index (χ4n) is 4.47. The highest BCUT2D eigenvalue weighted by atomic mass is 16.4. The SMILES string of the molecule is CC1C(=O)N(C2CCCCC2C(=O)O)C(=O)C1C.CC1C(=O)N(CCC(=O)O)C(=O)C1C. The molecule has 1 aliphatic carbocycles. The highest BCUT2D eigenvalue weighted by Gasteiger charge is 2.49. The van der Waals surface area contributed by atoms with E-state index in [4.69, 9.17) is 5.11 Å². The summed E-state index contributed by atoms with van der Waals surface area (Å²) >= 11 is 0. The topological polar surface area (TPSA) is 149 Å². The minimum absolute atomic E-state index is 0.0122. The maximum atomic E-state index is 12.1. The highest BCUT2D eigenvalue weighted by molar-refractivity contribution is 6.05. The molecular weight excluding hydrogens is 420 g/mol. The molecule has 3 fully saturated rings. The zero-order chi connectivity index (χ0) is 24.3. The van der Waals surface area contributed by atoms with Crippen molar-refractivity contribution < 1.29 is 39.0 Å². The minimum Gasteiger partial charge on any atom is -0.481 e. The number of carboxylic acid groups (broad SMARTS) is 2. The smallest absolute Gasteiger partial charge is 0.308 e. The van der Waals surface area contributed by atoms with Crippen LogP contribution in [0.5, 0.6) is 0 Å². The van der Waals surface area contributed by atoms with Crippen molar-refractivity contribution in [2.24, 2.45) is 29.6 Å². The van der Waals surface area contributed by atoms with Gasteiger partial charge in [-0.05, 0) is 12.8 Å². The molecule has 0 aromatic heterocycles. The lowest BCUT2D eigenvalue weighted by Gasteiger charge is -2.34. The summed E-state index contributed by atoms with van der Waals surface area (Å²) in [5.41, 5.74) is 0. The first-order valence-electron chi connectivity index (χ1n) is 11.1. The second-order valence-corrected chi connectivity index (χ2v) is 8.97. The van der Waals surface area contributed by atoms with E-state index in [-0.39, 0.29) is 60.3 Å². The largest absolute Gasteiger partial charge is 0.481 e. The maximum absolute atomic E-state index is 12.1. The van der Waals surface area contributed by atoms with E-state index in [1.165, 1.54) is 4.90 Å². The fourth-order valence-corrected chi connectivity index (χ4v) is 4.47. The van der Waals surface area contributed by atoms with Gasteiger partial charge in [0.05, 0.1) is 18.4 Å². The van der Waals surface area contributed by atoms with E-state index in [2.05, 4.69) is 0 Å². The second-order valence-electron chi connectivity index (χ2n) is 8.97. The Balaban J connectivity index is 0.000000235. The molecule has 3 aliphatic rings. The van der Waals surface area contributed by atoms with Crippen LogP contribution in [0.3, 0.4) is 0 Å². The van der Waals surface area contributed by atoms with Crippen molar-refractivity contribution in [2.45, 2.75) is 65.8 Å². The summed E-state index contributed by atoms with van der Waals surface area (Å²) < 4.78 is 0. The molecule has 3 rings (SSSR count). The lowest BCUT2D eigenvalue weighted by Crippen LogP contribution is -2.48. The van der Waals surface area contributed by atoms with Crippen molar-refractivity contribution in [3.63, 3.8) is 0 Å². The van der Waals surface area contributed by atoms with Gasteiger partial charge in [0.2, 0.25) is 23.6 Å². The molecule has 178 valence electrons. The van der Waals surface area contributed by atoms with Gasteiger partial charge in [-0.1, -0.05) is 40.5 Å². The molecule has 6 unspecified atom stereocenters. The molecule has 1 saturated carbocycles. The number of nitrogens with zero attached hydrogens (tertiary/aromatic N) is 2. The van der Waals surface area contributed by atoms with Crippen LogP contribution in [-0.4, -0.2) is 68.2 Å². The number of amides is 4. The number of rotatable bonds is 5. The number of likely N-dealkylation sites (tertiary alicyclic amines) is 2. The standard InChI is InChI=1S/C13H19NO4.C9H13NO4/c1-7-8(2)12(16)14(11(7)15)10-6-4-3-5-9(10)13(17)18;1-5-6(2)9(14)10(8(5)13)4-3-7(11)12/h7-10H,3-6H2,1-2H3,(H,17,18);5-6H,3-4H2,1-2H3,(H,11,12). The molecule has 0 spiro atoms. The lowest BCUT2D eigenvalue weighted by atomic mass is 9.83. The van der Waals surface area contributed by atoms with Gasteiger partial charge in [-0.2, -0.15) is 0 Å². The second kappa shape index (κ2) is 10.2. The monoisotopic (exact) mass is 452 g/mol. The molecule has 2 heterocycles. The normalized spacial score (nSPS) is 32.8. The zero-order valence-electron chi connectivity index (χ0n) is 18.9. The predicted molar refractivity (Wildman–Crippen MR) is 111 cm³/mol. The van der Waals surface area contributed by atoms with Gasteiger partial charge in [0.15, 0.2) is 0 Å². The number of imide groups is 2. The number of carbonyl (C=O) groups excluding carboxylic acids is 4. The third kappa shape index (κ3) is 4.99. The summed E-state index contributed by atoms with van der Waals surface area (Å²) in [6.07, 6.45) is 2.73. The van der Waals surface area contributed by atoms with Crippen LogP contribution in [0.25, 0.3) is 0 Å². The Morgan fingerprint density at radius 3 is 1.66 bits per heavy atom. The van der Waals surface area contributed by atoms with Crippen LogP contribution in [0, 0.1) is 29.6 Å². The van der Waals surface area contributed by atoms with Crippen molar-refractivity contribution in [1.29, 1.82) is 0 Å². The number of hydrogen-bond acceptors (Lipinski definition) is 6. The van der Waals surface area contributed by atoms with E-state index < -0.39 is 23.9 Å². The van der Waals surface area contributed by atoms with Crippen LogP contribution < -0.4 is 0 Å². The van der Waals surface area contributed by atoms with E-state index in [9.17, 15) is 33.9 Å². The average Bonchev–Trinajstić information content (AvgIpc) is 3.06. The van der Waals surface area contributed by atoms with Gasteiger partial charge in [0, 0.05) is 30.2 Å². The van der Waals surface area contributed by atoms with Gasteiger partial charge >= 0.3 is 11.9 Å². The Morgan fingerprint density at radius 1 is 0.781 bits per heavy atom. The van der Waals surface area contributed by atoms with Crippen molar-refractivity contribution in [3.05, 3.63) is 0 Å². The van der Waals surface area contributed by atoms with Gasteiger partial charge in [0.25, 0.3) is 0 Å². The predicted octanol–water partition coefficient (Wildman–Crippen LogP) is 1.37. The Labute approximate surface area is 186 Å². The van der Waals surface area contributed by atoms with E-state index in [0.717, 1.165) is 17.7 Å². The third-order valence-electron chi connectivity index (χ3n) is 6.99. The van der Waals surface area contributed by atoms with Gasteiger partial charge < -0.3 is 10.2 Å². The van der Waals surface area contributed by atoms with Crippen LogP contribution in [0.2, 0.25) is 0 Å². The van der Waals surface area contributed by atoms with Crippen molar-refractivity contribution in [3.8, 4) is 0 Å². The third-order valence-corrected chi connectivity index (χ3v) is 6.99. The van der Waals surface area contributed by atoms with E-state index in [0.29, 0.717) is 12.8 Å². The first-order chi connectivity index (χ1) is 14.9. The van der Waals surface area contributed by atoms with Crippen molar-refractivity contribution >= 4 is 35.6 Å².